The molecule has 1 amide bonds. The first kappa shape index (κ1) is 55.9. The Morgan fingerprint density at radius 1 is 1.01 bits per heavy atom. The number of nitrogens with two attached hydrogens (primary N) is 4. The van der Waals surface area contributed by atoms with Gasteiger partial charge >= 0.3 is 23.6 Å². The van der Waals surface area contributed by atoms with Crippen molar-refractivity contribution in [2.45, 2.75) is 49.8 Å². The number of halogens is 2. The van der Waals surface area contributed by atoms with Crippen LogP contribution in [0.1, 0.15) is 35.1 Å². The van der Waals surface area contributed by atoms with Crippen molar-refractivity contribution >= 4 is 106 Å². The monoisotopic (exact) mass is 1230 g/mol. The first-order valence-corrected chi connectivity index (χ1v) is 21.3. The van der Waals surface area contributed by atoms with Gasteiger partial charge in [-0.1, -0.05) is 25.0 Å². The van der Waals surface area contributed by atoms with Crippen molar-refractivity contribution < 1.29 is 69.4 Å². The number of nitrogens with zero attached hydrogens (tertiary/aromatic N) is 13. The molecule has 1 aliphatic heterocycles. The van der Waals surface area contributed by atoms with Gasteiger partial charge in [0.25, 0.3) is 5.91 Å². The van der Waals surface area contributed by atoms with Crippen LogP contribution in [0.2, 0.25) is 0 Å². The Morgan fingerprint density at radius 3 is 2.38 bits per heavy atom. The van der Waals surface area contributed by atoms with E-state index in [0.717, 1.165) is 29.1 Å². The maximum atomic E-state index is 13.7. The van der Waals surface area contributed by atoms with Crippen LogP contribution in [0.4, 0.5) is 38.0 Å². The van der Waals surface area contributed by atoms with Crippen LogP contribution < -0.4 is 38.8 Å². The van der Waals surface area contributed by atoms with Crippen LogP contribution in [0.25, 0.3) is 33.5 Å². The van der Waals surface area contributed by atoms with Crippen molar-refractivity contribution in [3.05, 3.63) is 94.3 Å². The maximum absolute atomic E-state index is 13.7. The number of imidazole rings is 2. The van der Waals surface area contributed by atoms with E-state index in [2.05, 4.69) is 77.9 Å². The van der Waals surface area contributed by atoms with E-state index in [1.54, 1.807) is 34.8 Å². The SMILES string of the molecule is CN(Cc1cnc2nc(N)nc(N)c2n1)c1ccc(C(=O)N[C@@H](CCC(=O)O)C(=O)O)cc1.Nc1ccn([C@@H]2O[C@H](CO)[C@@H](O)C2(F)F)c(=O)n1.Nc1nc(=S)c2[nH]cnc2[nH]1.Sn1cnc2cncnc21.[Pt]. The molecular weight excluding hydrogens is 1190 g/mol. The number of fused-ring (bicyclic) bond motifs is 3. The number of aromatic nitrogens is 14. The molecule has 34 heteroatoms. The molecule has 8 heterocycles. The van der Waals surface area contributed by atoms with E-state index >= 15 is 0 Å². The predicted octanol–water partition coefficient (Wildman–Crippen LogP) is 0.0942. The average Bonchev–Trinajstić information content (AvgIpc) is 4.03. The van der Waals surface area contributed by atoms with Crippen LogP contribution in [0.5, 0.6) is 0 Å². The summed E-state index contributed by atoms with van der Waals surface area (Å²) in [5, 5.41) is 38.4. The minimum Gasteiger partial charge on any atom is -0.481 e. The summed E-state index contributed by atoms with van der Waals surface area (Å²) in [7, 11) is 1.82. The van der Waals surface area contributed by atoms with E-state index in [-0.39, 0.29) is 63.0 Å². The van der Waals surface area contributed by atoms with Gasteiger partial charge in [0.15, 0.2) is 39.0 Å². The van der Waals surface area contributed by atoms with E-state index in [4.69, 9.17) is 50.1 Å². The molecular formula is C39H42F2N20O9PtS2. The Morgan fingerprint density at radius 2 is 1.74 bits per heavy atom. The van der Waals surface area contributed by atoms with E-state index in [9.17, 15) is 38.2 Å². The number of ether oxygens (including phenoxy) is 1. The summed E-state index contributed by atoms with van der Waals surface area (Å²) < 4.78 is 34.7. The third-order valence-electron chi connectivity index (χ3n) is 9.90. The van der Waals surface area contributed by atoms with Crippen molar-refractivity contribution in [1.29, 1.82) is 0 Å². The van der Waals surface area contributed by atoms with Crippen LogP contribution in [-0.4, -0.2) is 144 Å². The molecule has 0 bridgehead atoms. The number of anilines is 5. The van der Waals surface area contributed by atoms with Crippen molar-refractivity contribution in [2.24, 2.45) is 0 Å². The molecule has 8 aromatic rings. The van der Waals surface area contributed by atoms with Gasteiger partial charge in [-0.3, -0.25) is 18.1 Å². The molecule has 388 valence electrons. The second-order valence-corrected chi connectivity index (χ2v) is 15.8. The van der Waals surface area contributed by atoms with Gasteiger partial charge < -0.3 is 68.3 Å². The predicted molar refractivity (Wildman–Crippen MR) is 256 cm³/mol. The van der Waals surface area contributed by atoms with Crippen molar-refractivity contribution in [3.8, 4) is 0 Å². The number of aliphatic carboxylic acids is 2. The summed E-state index contributed by atoms with van der Waals surface area (Å²) in [6.45, 7) is -0.418. The number of H-pyrrole nitrogens is 2. The smallest absolute Gasteiger partial charge is 0.351 e. The van der Waals surface area contributed by atoms with Crippen LogP contribution in [0, 0.1) is 4.64 Å². The van der Waals surface area contributed by atoms with Crippen LogP contribution in [0.3, 0.4) is 0 Å². The number of alkyl halides is 2. The van der Waals surface area contributed by atoms with Crippen LogP contribution in [0.15, 0.2) is 72.7 Å². The molecule has 0 radical (unpaired) electrons. The fourth-order valence-corrected chi connectivity index (χ4v) is 6.83. The standard InChI is InChI=1S/C20H22N8O5.C9H11F2N3O4.C5H5N5S.C5H4N4S.Pt/c1-28(9-11-8-23-17-15(24-11)16(21)26-20(22)27-17)12-4-2-10(3-5-12)18(31)25-13(19(32)33)6-7-14(29)30;10-9(11)6(16)4(3-15)18-7(9)14-2-1-5(12)13-8(14)17;6-5-9-3-2(4(11)10-5)7-1-8-3;10-9-3-8-4-1-6-2-7-5(4)9;/h2-5,8,13H,6-7,9H2,1H3,(H,25,31)(H,29,30)(H,32,33)(H4,21,22,23,26,27);1-2,4,6-7,15-16H,3H2,(H2,12,13,17);1H,(H4,6,7,8,9,10,11);1-3,10H;/t13-;4-,6-,7-;;;/m01.../s1. The molecule has 0 spiro atoms. The summed E-state index contributed by atoms with van der Waals surface area (Å²) in [6.07, 6.45) is 2.52. The van der Waals surface area contributed by atoms with Gasteiger partial charge in [0.1, 0.15) is 41.7 Å². The summed E-state index contributed by atoms with van der Waals surface area (Å²) in [4.78, 5) is 92.6. The molecule has 7 aromatic heterocycles. The summed E-state index contributed by atoms with van der Waals surface area (Å²) >= 11 is 8.98. The van der Waals surface area contributed by atoms with Crippen molar-refractivity contribution in [3.63, 3.8) is 0 Å². The molecule has 0 aliphatic carbocycles. The summed E-state index contributed by atoms with van der Waals surface area (Å²) in [5.74, 6) is -6.45. The number of carboxylic acid groups (broad SMARTS) is 2. The van der Waals surface area contributed by atoms with E-state index in [1.807, 2.05) is 11.9 Å². The molecule has 1 fully saturated rings. The topological polar surface area (TPSA) is 448 Å². The van der Waals surface area contributed by atoms with Gasteiger partial charge in [-0.05, 0) is 36.8 Å². The average molecular weight is 1230 g/mol. The zero-order chi connectivity index (χ0) is 52.4. The molecule has 0 unspecified atom stereocenters. The normalized spacial score (nSPS) is 15.8. The van der Waals surface area contributed by atoms with E-state index in [1.165, 1.54) is 24.8 Å². The number of benzene rings is 1. The van der Waals surface area contributed by atoms with Crippen molar-refractivity contribution in [2.75, 3.05) is 41.5 Å². The number of thiol groups is 1. The number of amides is 1. The first-order valence-electron chi connectivity index (χ1n) is 20.5. The molecule has 4 atom stereocenters. The van der Waals surface area contributed by atoms with Crippen LogP contribution >= 0.6 is 25.0 Å². The first-order chi connectivity index (χ1) is 34.2. The van der Waals surface area contributed by atoms with Gasteiger partial charge in [0, 0.05) is 52.0 Å². The third-order valence-corrected chi connectivity index (χ3v) is 10.5. The minimum atomic E-state index is -3.71. The number of aromatic amines is 2. The molecule has 15 N–H and O–H groups in total. The minimum absolute atomic E-state index is 0. The molecule has 0 saturated carbocycles. The van der Waals surface area contributed by atoms with Gasteiger partial charge in [0.2, 0.25) is 18.1 Å². The van der Waals surface area contributed by atoms with Gasteiger partial charge in [-0.2, -0.15) is 23.7 Å². The Labute approximate surface area is 432 Å². The second kappa shape index (κ2) is 24.4. The van der Waals surface area contributed by atoms with Gasteiger partial charge in [-0.15, -0.1) is 0 Å². The summed E-state index contributed by atoms with van der Waals surface area (Å²) in [5.41, 5.74) is 26.1. The Balaban J connectivity index is 0.000000204. The number of hydrogen-bond acceptors (Lipinski definition) is 24. The number of aliphatic hydroxyl groups is 2. The number of aliphatic hydroxyl groups excluding tert-OH is 2. The zero-order valence-electron chi connectivity index (χ0n) is 37.4. The molecule has 9 rings (SSSR count). The zero-order valence-corrected chi connectivity index (χ0v) is 41.4. The second-order valence-electron chi connectivity index (χ2n) is 14.9. The molecule has 29 nitrogen and oxygen atoms in total. The molecule has 1 aliphatic rings. The number of nitrogens with one attached hydrogen (secondary N) is 3. The Kier molecular flexibility index (Phi) is 18.7. The molecule has 1 aromatic carbocycles. The molecule has 73 heavy (non-hydrogen) atoms. The number of rotatable bonds is 11. The maximum Gasteiger partial charge on any atom is 0.351 e. The van der Waals surface area contributed by atoms with Crippen LogP contribution in [-0.2, 0) is 41.9 Å². The number of carbonyl (C=O) groups excluding carboxylic acids is 1. The summed E-state index contributed by atoms with van der Waals surface area (Å²) in [6, 6.07) is 6.31. The largest absolute Gasteiger partial charge is 0.481 e. The Hall–Kier alpha value is -7.97. The third kappa shape index (κ3) is 13.9. The number of carbonyl (C=O) groups is 3. The molecule has 1 saturated heterocycles. The quantitative estimate of drug-likeness (QED) is 0.0603. The van der Waals surface area contributed by atoms with Gasteiger partial charge in [0.05, 0.1) is 37.6 Å². The van der Waals surface area contributed by atoms with E-state index < -0.39 is 60.5 Å². The number of nitrogen functional groups attached to an aromatic ring is 4. The fraction of sp³-hybridized carbons (Fsp3) is 0.256. The van der Waals surface area contributed by atoms with E-state index in [0.29, 0.717) is 43.8 Å². The van der Waals surface area contributed by atoms with Gasteiger partial charge in [-0.25, -0.2) is 44.5 Å². The van der Waals surface area contributed by atoms with Crippen molar-refractivity contribution in [1.82, 2.24) is 73.7 Å². The fourth-order valence-electron chi connectivity index (χ4n) is 6.37. The number of carboxylic acids is 2. The Bertz CT molecular complexity index is 3350. The number of hydrogen-bond donors (Lipinski definition) is 12.